The monoisotopic (exact) mass is 505 g/mol. The van der Waals surface area contributed by atoms with Gasteiger partial charge in [-0.15, -0.1) is 0 Å². The highest BCUT2D eigenvalue weighted by atomic mass is 35.5. The van der Waals surface area contributed by atoms with E-state index in [-0.39, 0.29) is 27.4 Å². The molecule has 3 rings (SSSR count). The summed E-state index contributed by atoms with van der Waals surface area (Å²) in [6.07, 6.45) is 0. The lowest BCUT2D eigenvalue weighted by molar-refractivity contribution is -0.116. The van der Waals surface area contributed by atoms with Gasteiger partial charge in [-0.2, -0.15) is 4.31 Å². The summed E-state index contributed by atoms with van der Waals surface area (Å²) >= 11 is 12.2. The van der Waals surface area contributed by atoms with Crippen LogP contribution in [0, 0.1) is 0 Å². The number of halogens is 2. The highest BCUT2D eigenvalue weighted by Crippen LogP contribution is 2.28. The maximum atomic E-state index is 13.4. The van der Waals surface area contributed by atoms with Crippen LogP contribution in [-0.2, 0) is 26.2 Å². The standard InChI is InChI=1S/C23H21Cl2N3O4S/c1-16(29)26-19-8-5-9-20(13-19)27-23(30)15-28(14-17-6-3-2-4-7-17)33(31,32)22-12-18(24)10-11-21(22)25/h2-13H,14-15H2,1H3,(H,26,29)(H,27,30). The van der Waals surface area contributed by atoms with Gasteiger partial charge in [0.15, 0.2) is 0 Å². The fourth-order valence-corrected chi connectivity index (χ4v) is 5.19. The smallest absolute Gasteiger partial charge is 0.245 e. The first kappa shape index (κ1) is 24.7. The highest BCUT2D eigenvalue weighted by molar-refractivity contribution is 7.89. The number of rotatable bonds is 8. The number of carbonyl (C=O) groups excluding carboxylic acids is 2. The second-order valence-electron chi connectivity index (χ2n) is 7.14. The second kappa shape index (κ2) is 10.8. The predicted molar refractivity (Wildman–Crippen MR) is 130 cm³/mol. The Balaban J connectivity index is 1.88. The first-order chi connectivity index (χ1) is 15.6. The van der Waals surface area contributed by atoms with Gasteiger partial charge in [0.25, 0.3) is 0 Å². The molecule has 2 amide bonds. The molecule has 10 heteroatoms. The second-order valence-corrected chi connectivity index (χ2v) is 9.89. The van der Waals surface area contributed by atoms with E-state index in [0.717, 1.165) is 4.31 Å². The van der Waals surface area contributed by atoms with Crippen LogP contribution in [0.1, 0.15) is 12.5 Å². The van der Waals surface area contributed by atoms with Crippen LogP contribution in [0.3, 0.4) is 0 Å². The average molecular weight is 506 g/mol. The van der Waals surface area contributed by atoms with Crippen LogP contribution in [-0.4, -0.2) is 31.1 Å². The van der Waals surface area contributed by atoms with Gasteiger partial charge in [0.2, 0.25) is 21.8 Å². The topological polar surface area (TPSA) is 95.6 Å². The number of carbonyl (C=O) groups is 2. The highest BCUT2D eigenvalue weighted by Gasteiger charge is 2.29. The molecular formula is C23H21Cl2N3O4S. The van der Waals surface area contributed by atoms with Gasteiger partial charge >= 0.3 is 0 Å². The van der Waals surface area contributed by atoms with Gasteiger partial charge in [-0.3, -0.25) is 9.59 Å². The van der Waals surface area contributed by atoms with Gasteiger partial charge in [0.05, 0.1) is 11.6 Å². The van der Waals surface area contributed by atoms with Crippen LogP contribution in [0.5, 0.6) is 0 Å². The molecule has 2 N–H and O–H groups in total. The zero-order valence-corrected chi connectivity index (χ0v) is 19.9. The van der Waals surface area contributed by atoms with Crippen molar-refractivity contribution in [3.05, 3.63) is 88.4 Å². The normalized spacial score (nSPS) is 11.3. The number of hydrogen-bond acceptors (Lipinski definition) is 4. The lowest BCUT2D eigenvalue weighted by Gasteiger charge is -2.23. The molecule has 0 saturated heterocycles. The molecule has 0 aliphatic rings. The van der Waals surface area contributed by atoms with Crippen molar-refractivity contribution in [1.29, 1.82) is 0 Å². The van der Waals surface area contributed by atoms with Gasteiger partial charge in [0.1, 0.15) is 4.90 Å². The summed E-state index contributed by atoms with van der Waals surface area (Å²) in [6.45, 7) is 0.855. The molecular weight excluding hydrogens is 485 g/mol. The van der Waals surface area contributed by atoms with E-state index in [0.29, 0.717) is 16.9 Å². The van der Waals surface area contributed by atoms with Gasteiger partial charge in [-0.1, -0.05) is 59.6 Å². The molecule has 3 aromatic rings. The number of benzene rings is 3. The Morgan fingerprint density at radius 1 is 0.879 bits per heavy atom. The van der Waals surface area contributed by atoms with Gasteiger partial charge in [-0.05, 0) is 42.0 Å². The molecule has 0 atom stereocenters. The van der Waals surface area contributed by atoms with Gasteiger partial charge in [0, 0.05) is 29.9 Å². The van der Waals surface area contributed by atoms with Crippen LogP contribution in [0.15, 0.2) is 77.7 Å². The van der Waals surface area contributed by atoms with Crippen molar-refractivity contribution in [2.24, 2.45) is 0 Å². The van der Waals surface area contributed by atoms with Crippen LogP contribution >= 0.6 is 23.2 Å². The van der Waals surface area contributed by atoms with E-state index < -0.39 is 22.5 Å². The molecule has 0 saturated carbocycles. The zero-order chi connectivity index (χ0) is 24.0. The number of amides is 2. The molecule has 0 aliphatic carbocycles. The van der Waals surface area contributed by atoms with Crippen molar-refractivity contribution in [3.63, 3.8) is 0 Å². The molecule has 0 radical (unpaired) electrons. The van der Waals surface area contributed by atoms with Crippen molar-refractivity contribution >= 4 is 56.4 Å². The van der Waals surface area contributed by atoms with Crippen molar-refractivity contribution in [1.82, 2.24) is 4.31 Å². The molecule has 0 aromatic heterocycles. The van der Waals surface area contributed by atoms with Gasteiger partial charge < -0.3 is 10.6 Å². The van der Waals surface area contributed by atoms with E-state index in [2.05, 4.69) is 10.6 Å². The molecule has 0 spiro atoms. The molecule has 7 nitrogen and oxygen atoms in total. The molecule has 0 aliphatic heterocycles. The third kappa shape index (κ3) is 6.79. The van der Waals surface area contributed by atoms with E-state index in [1.807, 2.05) is 6.07 Å². The minimum atomic E-state index is -4.16. The summed E-state index contributed by atoms with van der Waals surface area (Å²) in [4.78, 5) is 23.9. The lowest BCUT2D eigenvalue weighted by Crippen LogP contribution is -2.37. The first-order valence-corrected chi connectivity index (χ1v) is 12.0. The molecule has 3 aromatic carbocycles. The Hall–Kier alpha value is -2.91. The minimum Gasteiger partial charge on any atom is -0.326 e. The Morgan fingerprint density at radius 2 is 1.55 bits per heavy atom. The maximum Gasteiger partial charge on any atom is 0.245 e. The fourth-order valence-electron chi connectivity index (χ4n) is 3.07. The van der Waals surface area contributed by atoms with E-state index >= 15 is 0 Å². The Labute approximate surface area is 202 Å². The summed E-state index contributed by atoms with van der Waals surface area (Å²) in [5, 5.41) is 5.50. The fraction of sp³-hybridized carbons (Fsp3) is 0.130. The third-order valence-corrected chi connectivity index (χ3v) is 7.01. The Kier molecular flexibility index (Phi) is 8.10. The minimum absolute atomic E-state index is 0.000813. The van der Waals surface area contributed by atoms with Crippen LogP contribution < -0.4 is 10.6 Å². The molecule has 0 fully saturated rings. The number of nitrogens with one attached hydrogen (secondary N) is 2. The van der Waals surface area contributed by atoms with Crippen LogP contribution in [0.4, 0.5) is 11.4 Å². The lowest BCUT2D eigenvalue weighted by atomic mass is 10.2. The van der Waals surface area contributed by atoms with Crippen molar-refractivity contribution < 1.29 is 18.0 Å². The Bertz CT molecular complexity index is 1270. The molecule has 0 bridgehead atoms. The zero-order valence-electron chi connectivity index (χ0n) is 17.6. The average Bonchev–Trinajstić information content (AvgIpc) is 2.75. The first-order valence-electron chi connectivity index (χ1n) is 9.82. The molecule has 33 heavy (non-hydrogen) atoms. The van der Waals surface area contributed by atoms with Gasteiger partial charge in [-0.25, -0.2) is 8.42 Å². The third-order valence-electron chi connectivity index (χ3n) is 4.50. The molecule has 172 valence electrons. The summed E-state index contributed by atoms with van der Waals surface area (Å²) in [6, 6.07) is 19.6. The SMILES string of the molecule is CC(=O)Nc1cccc(NC(=O)CN(Cc2ccccc2)S(=O)(=O)c2cc(Cl)ccc2Cl)c1. The number of nitrogens with zero attached hydrogens (tertiary/aromatic N) is 1. The summed E-state index contributed by atoms with van der Waals surface area (Å²) in [5.74, 6) is -0.815. The Morgan fingerprint density at radius 3 is 2.21 bits per heavy atom. The molecule has 0 unspecified atom stereocenters. The van der Waals surface area contributed by atoms with E-state index in [1.54, 1.807) is 48.5 Å². The molecule has 0 heterocycles. The largest absolute Gasteiger partial charge is 0.326 e. The van der Waals surface area contributed by atoms with Crippen LogP contribution in [0.2, 0.25) is 10.0 Å². The maximum absolute atomic E-state index is 13.4. The van der Waals surface area contributed by atoms with Crippen molar-refractivity contribution in [2.75, 3.05) is 17.2 Å². The quantitative estimate of drug-likeness (QED) is 0.460. The van der Waals surface area contributed by atoms with E-state index in [4.69, 9.17) is 23.2 Å². The number of hydrogen-bond donors (Lipinski definition) is 2. The summed E-state index contributed by atoms with van der Waals surface area (Å²) in [7, 11) is -4.16. The predicted octanol–water partition coefficient (Wildman–Crippen LogP) is 4.78. The number of sulfonamides is 1. The summed E-state index contributed by atoms with van der Waals surface area (Å²) in [5.41, 5.74) is 1.60. The van der Waals surface area contributed by atoms with E-state index in [9.17, 15) is 18.0 Å². The van der Waals surface area contributed by atoms with Crippen molar-refractivity contribution in [3.8, 4) is 0 Å². The van der Waals surface area contributed by atoms with Crippen molar-refractivity contribution in [2.45, 2.75) is 18.4 Å². The number of anilines is 2. The van der Waals surface area contributed by atoms with E-state index in [1.165, 1.54) is 25.1 Å². The summed E-state index contributed by atoms with van der Waals surface area (Å²) < 4.78 is 27.9. The van der Waals surface area contributed by atoms with Crippen LogP contribution in [0.25, 0.3) is 0 Å².